The summed E-state index contributed by atoms with van der Waals surface area (Å²) >= 11 is 0. The maximum Gasteiger partial charge on any atom is 0.488 e. The number of ether oxygens (including phenoxy) is 1. The Balaban J connectivity index is 1.77. The van der Waals surface area contributed by atoms with Crippen molar-refractivity contribution in [2.45, 2.75) is 65.3 Å². The number of alkyl carbamates (subject to hydrolysis) is 1. The summed E-state index contributed by atoms with van der Waals surface area (Å²) in [7, 11) is -0.207. The fraction of sp³-hybridized carbons (Fsp3) is 0.481. The smallest absolute Gasteiger partial charge is 0.444 e. The van der Waals surface area contributed by atoms with Crippen molar-refractivity contribution < 1.29 is 19.6 Å². The van der Waals surface area contributed by atoms with E-state index in [0.717, 1.165) is 17.4 Å². The standard InChI is InChI=1S/C27H35BN6O6/c1-6-7-15-33-21-22(30-24(33)32-14-10-12-19(17-32)29-25(36)40-27(2,3)4)31(5)26(37)34(23(21)35)16-18-11-8-9-13-20(18)28(38)39/h8-9,11,13,19,38-39H,10,12,14-17H2,1-5H3,(H,29,36). The van der Waals surface area contributed by atoms with Gasteiger partial charge in [-0.2, -0.15) is 4.98 Å². The van der Waals surface area contributed by atoms with Crippen molar-refractivity contribution in [1.29, 1.82) is 0 Å². The lowest BCUT2D eigenvalue weighted by Gasteiger charge is -2.34. The van der Waals surface area contributed by atoms with E-state index in [-0.39, 0.29) is 35.8 Å². The predicted octanol–water partition coefficient (Wildman–Crippen LogP) is 0.142. The van der Waals surface area contributed by atoms with Gasteiger partial charge in [-0.3, -0.25) is 18.5 Å². The number of benzene rings is 1. The van der Waals surface area contributed by atoms with Gasteiger partial charge in [0.25, 0.3) is 5.56 Å². The number of rotatable bonds is 6. The normalized spacial score (nSPS) is 15.5. The topological polar surface area (TPSA) is 144 Å². The maximum absolute atomic E-state index is 13.8. The molecule has 1 aliphatic rings. The zero-order chi connectivity index (χ0) is 29.2. The van der Waals surface area contributed by atoms with Gasteiger partial charge in [0.2, 0.25) is 5.95 Å². The highest BCUT2D eigenvalue weighted by Gasteiger charge is 2.29. The van der Waals surface area contributed by atoms with E-state index in [2.05, 4.69) is 17.2 Å². The average Bonchev–Trinajstić information content (AvgIpc) is 3.27. The van der Waals surface area contributed by atoms with Gasteiger partial charge in [0.05, 0.1) is 13.1 Å². The third kappa shape index (κ3) is 6.08. The summed E-state index contributed by atoms with van der Waals surface area (Å²) in [5, 5.41) is 22.5. The monoisotopic (exact) mass is 550 g/mol. The maximum atomic E-state index is 13.8. The molecule has 212 valence electrons. The fourth-order valence-electron chi connectivity index (χ4n) is 4.90. The van der Waals surface area contributed by atoms with Gasteiger partial charge in [-0.1, -0.05) is 30.2 Å². The number of piperidine rings is 1. The lowest BCUT2D eigenvalue weighted by molar-refractivity contribution is 0.0499. The molecule has 12 nitrogen and oxygen atoms in total. The molecule has 0 spiro atoms. The van der Waals surface area contributed by atoms with Gasteiger partial charge >= 0.3 is 18.9 Å². The Morgan fingerprint density at radius 2 is 1.95 bits per heavy atom. The van der Waals surface area contributed by atoms with Crippen LogP contribution in [0.2, 0.25) is 0 Å². The third-order valence-electron chi connectivity index (χ3n) is 6.71. The summed E-state index contributed by atoms with van der Waals surface area (Å²) in [5.41, 5.74) is -0.688. The van der Waals surface area contributed by atoms with Crippen LogP contribution in [0.1, 0.15) is 46.1 Å². The molecule has 40 heavy (non-hydrogen) atoms. The second-order valence-electron chi connectivity index (χ2n) is 10.8. The third-order valence-corrected chi connectivity index (χ3v) is 6.71. The highest BCUT2D eigenvalue weighted by molar-refractivity contribution is 6.59. The van der Waals surface area contributed by atoms with Crippen LogP contribution in [0.15, 0.2) is 33.9 Å². The zero-order valence-corrected chi connectivity index (χ0v) is 23.5. The van der Waals surface area contributed by atoms with Gasteiger partial charge in [-0.25, -0.2) is 9.59 Å². The lowest BCUT2D eigenvalue weighted by atomic mass is 9.77. The van der Waals surface area contributed by atoms with E-state index in [1.807, 2.05) is 4.90 Å². The van der Waals surface area contributed by atoms with Crippen LogP contribution in [0.5, 0.6) is 0 Å². The molecule has 1 amide bonds. The Kier molecular flexibility index (Phi) is 8.41. The first kappa shape index (κ1) is 29.0. The van der Waals surface area contributed by atoms with Crippen molar-refractivity contribution in [3.8, 4) is 11.8 Å². The van der Waals surface area contributed by atoms with E-state index < -0.39 is 30.1 Å². The summed E-state index contributed by atoms with van der Waals surface area (Å²) in [5.74, 6) is 6.33. The van der Waals surface area contributed by atoms with E-state index in [1.165, 1.54) is 10.6 Å². The van der Waals surface area contributed by atoms with Crippen LogP contribution >= 0.6 is 0 Å². The van der Waals surface area contributed by atoms with Crippen LogP contribution in [-0.2, 0) is 24.9 Å². The molecule has 0 saturated carbocycles. The highest BCUT2D eigenvalue weighted by Crippen LogP contribution is 2.23. The number of anilines is 1. The van der Waals surface area contributed by atoms with Gasteiger partial charge in [0.1, 0.15) is 5.60 Å². The van der Waals surface area contributed by atoms with Crippen molar-refractivity contribution in [3.63, 3.8) is 0 Å². The second-order valence-corrected chi connectivity index (χ2v) is 10.8. The Morgan fingerprint density at radius 1 is 1.23 bits per heavy atom. The van der Waals surface area contributed by atoms with Gasteiger partial charge < -0.3 is 25.0 Å². The molecule has 0 bridgehead atoms. The number of nitrogens with zero attached hydrogens (tertiary/aromatic N) is 5. The lowest BCUT2D eigenvalue weighted by Crippen LogP contribution is -2.49. The summed E-state index contributed by atoms with van der Waals surface area (Å²) in [6.45, 7) is 8.20. The van der Waals surface area contributed by atoms with Gasteiger partial charge in [0.15, 0.2) is 11.2 Å². The zero-order valence-electron chi connectivity index (χ0n) is 23.5. The molecule has 13 heteroatoms. The first-order valence-corrected chi connectivity index (χ1v) is 13.2. The van der Waals surface area contributed by atoms with Crippen LogP contribution < -0.4 is 26.9 Å². The number of amides is 1. The Bertz CT molecular complexity index is 1590. The molecule has 1 fully saturated rings. The molecular formula is C27H35BN6O6. The van der Waals surface area contributed by atoms with Crippen molar-refractivity contribution in [2.24, 2.45) is 7.05 Å². The molecule has 1 unspecified atom stereocenters. The Labute approximate surface area is 232 Å². The van der Waals surface area contributed by atoms with E-state index in [0.29, 0.717) is 24.6 Å². The van der Waals surface area contributed by atoms with Gasteiger partial charge in [-0.05, 0) is 51.6 Å². The number of hydrogen-bond acceptors (Lipinski definition) is 8. The molecular weight excluding hydrogens is 515 g/mol. The van der Waals surface area contributed by atoms with Crippen molar-refractivity contribution in [1.82, 2.24) is 24.0 Å². The Hall–Kier alpha value is -4.02. The number of fused-ring (bicyclic) bond motifs is 1. The van der Waals surface area contributed by atoms with Crippen LogP contribution in [0, 0.1) is 11.8 Å². The average molecular weight is 550 g/mol. The van der Waals surface area contributed by atoms with E-state index in [1.54, 1.807) is 57.5 Å². The molecule has 0 radical (unpaired) electrons. The first-order valence-electron chi connectivity index (χ1n) is 13.2. The number of aryl methyl sites for hydroxylation is 1. The fourth-order valence-corrected chi connectivity index (χ4v) is 4.90. The minimum Gasteiger partial charge on any atom is -0.444 e. The molecule has 1 aliphatic heterocycles. The molecule has 1 aromatic carbocycles. The number of carbonyl (C=O) groups excluding carboxylic acids is 1. The summed E-state index contributed by atoms with van der Waals surface area (Å²) < 4.78 is 9.49. The van der Waals surface area contributed by atoms with Gasteiger partial charge in [0, 0.05) is 26.2 Å². The molecule has 1 saturated heterocycles. The number of aromatic nitrogens is 4. The molecule has 1 atom stereocenters. The molecule has 3 aromatic rings. The largest absolute Gasteiger partial charge is 0.488 e. The van der Waals surface area contributed by atoms with Crippen LogP contribution in [0.25, 0.3) is 11.2 Å². The predicted molar refractivity (Wildman–Crippen MR) is 153 cm³/mol. The molecule has 2 aromatic heterocycles. The molecule has 3 N–H and O–H groups in total. The summed E-state index contributed by atoms with van der Waals surface area (Å²) in [4.78, 5) is 46.3. The van der Waals surface area contributed by atoms with Crippen molar-refractivity contribution >= 4 is 35.8 Å². The quantitative estimate of drug-likeness (QED) is 0.291. The van der Waals surface area contributed by atoms with Crippen LogP contribution in [0.3, 0.4) is 0 Å². The van der Waals surface area contributed by atoms with E-state index in [9.17, 15) is 24.4 Å². The SMILES string of the molecule is CC#CCn1c(N2CCCC(NC(=O)OC(C)(C)C)C2)nc2c1c(=O)n(Cc1ccccc1B(O)O)c(=O)n2C. The minimum absolute atomic E-state index is 0.152. The summed E-state index contributed by atoms with van der Waals surface area (Å²) in [6.07, 6.45) is 1.03. The number of imidazole rings is 1. The Morgan fingerprint density at radius 3 is 2.62 bits per heavy atom. The molecule has 0 aliphatic carbocycles. The van der Waals surface area contributed by atoms with Crippen LogP contribution in [-0.4, -0.2) is 66.7 Å². The molecule has 3 heterocycles. The van der Waals surface area contributed by atoms with Crippen LogP contribution in [0.4, 0.5) is 10.7 Å². The second kappa shape index (κ2) is 11.6. The number of carbonyl (C=O) groups is 1. The summed E-state index contributed by atoms with van der Waals surface area (Å²) in [6, 6.07) is 6.33. The van der Waals surface area contributed by atoms with E-state index in [4.69, 9.17) is 9.72 Å². The number of hydrogen-bond donors (Lipinski definition) is 3. The van der Waals surface area contributed by atoms with Gasteiger partial charge in [-0.15, -0.1) is 5.92 Å². The first-order chi connectivity index (χ1) is 18.9. The molecule has 4 rings (SSSR count). The van der Waals surface area contributed by atoms with E-state index >= 15 is 0 Å². The van der Waals surface area contributed by atoms with Crippen molar-refractivity contribution in [2.75, 3.05) is 18.0 Å². The highest BCUT2D eigenvalue weighted by atomic mass is 16.6. The minimum atomic E-state index is -1.75. The van der Waals surface area contributed by atoms with Crippen molar-refractivity contribution in [3.05, 3.63) is 50.7 Å². The number of nitrogens with one attached hydrogen (secondary N) is 1.